The number of amides is 6. The number of aliphatic hydroxyl groups is 4. The lowest BCUT2D eigenvalue weighted by molar-refractivity contribution is -0.151. The number of aliphatic carboxylic acids is 1. The third kappa shape index (κ3) is 10.4. The van der Waals surface area contributed by atoms with E-state index in [4.69, 9.17) is 5.73 Å². The summed E-state index contributed by atoms with van der Waals surface area (Å²) in [5.74, 6) is -6.64. The number of likely N-dealkylation sites (tertiary alicyclic amines) is 2. The number of nitrogens with one attached hydrogen (secondary N) is 5. The summed E-state index contributed by atoms with van der Waals surface area (Å²) >= 11 is 0. The van der Waals surface area contributed by atoms with Crippen molar-refractivity contribution >= 4 is 41.4 Å². The summed E-state index contributed by atoms with van der Waals surface area (Å²) in [6.07, 6.45) is 0.714. The molecule has 0 aromatic carbocycles. The van der Waals surface area contributed by atoms with Crippen molar-refractivity contribution in [1.82, 2.24) is 41.0 Å². The van der Waals surface area contributed by atoms with Crippen LogP contribution in [0.25, 0.3) is 0 Å². The Bertz CT molecular complexity index is 1410. The van der Waals surface area contributed by atoms with Crippen LogP contribution in [0.4, 0.5) is 0 Å². The molecule has 284 valence electrons. The maximum atomic E-state index is 13.6. The number of aromatic nitrogens is 2. The molecule has 0 radical (unpaired) electrons. The predicted molar refractivity (Wildman–Crippen MR) is 173 cm³/mol. The second-order valence-corrected chi connectivity index (χ2v) is 12.5. The van der Waals surface area contributed by atoms with Crippen LogP contribution >= 0.6 is 0 Å². The first-order valence-corrected chi connectivity index (χ1v) is 16.5. The fourth-order valence-corrected chi connectivity index (χ4v) is 5.88. The molecule has 12 N–H and O–H groups in total. The maximum absolute atomic E-state index is 13.6. The van der Waals surface area contributed by atoms with Gasteiger partial charge >= 0.3 is 5.97 Å². The first kappa shape index (κ1) is 40.7. The summed E-state index contributed by atoms with van der Waals surface area (Å²) in [6, 6.07) is -9.87. The van der Waals surface area contributed by atoms with E-state index in [-0.39, 0.29) is 32.4 Å². The Kier molecular flexibility index (Phi) is 14.8. The Balaban J connectivity index is 1.75. The SMILES string of the molecule is C[C@@H](O)[C@H](NC(=O)[C@H](CO)NC(=O)[C@H](Cc1cnc[nH]1)NC(=O)[C@@H]1CCCN1C(=O)[C@@H](NC(=O)[C@@H](N)CO)[C@@H](C)O)C(=O)N1CCC[C@H]1C(=O)O. The number of hydrogen-bond acceptors (Lipinski definition) is 13. The molecule has 2 aliphatic rings. The van der Waals surface area contributed by atoms with Gasteiger partial charge in [0.05, 0.1) is 31.7 Å². The Morgan fingerprint density at radius 1 is 0.824 bits per heavy atom. The number of carboxylic acids is 1. The minimum atomic E-state index is -1.69. The lowest BCUT2D eigenvalue weighted by atomic mass is 10.1. The van der Waals surface area contributed by atoms with Gasteiger partial charge in [-0.25, -0.2) is 9.78 Å². The van der Waals surface area contributed by atoms with E-state index in [1.54, 1.807) is 0 Å². The van der Waals surface area contributed by atoms with Gasteiger partial charge in [0.1, 0.15) is 42.3 Å². The van der Waals surface area contributed by atoms with Crippen LogP contribution in [0.1, 0.15) is 45.2 Å². The van der Waals surface area contributed by atoms with Crippen LogP contribution in [0, 0.1) is 0 Å². The number of nitrogens with two attached hydrogens (primary N) is 1. The van der Waals surface area contributed by atoms with E-state index in [1.807, 2.05) is 0 Å². The minimum Gasteiger partial charge on any atom is -0.480 e. The summed E-state index contributed by atoms with van der Waals surface area (Å²) < 4.78 is 0. The van der Waals surface area contributed by atoms with E-state index < -0.39 is 109 Å². The van der Waals surface area contributed by atoms with Crippen molar-refractivity contribution < 1.29 is 59.1 Å². The lowest BCUT2D eigenvalue weighted by Crippen LogP contribution is -2.62. The number of hydrogen-bond donors (Lipinski definition) is 11. The van der Waals surface area contributed by atoms with Crippen LogP contribution in [-0.4, -0.2) is 168 Å². The number of carboxylic acid groups (broad SMARTS) is 1. The minimum absolute atomic E-state index is 0.0695. The predicted octanol–water partition coefficient (Wildman–Crippen LogP) is -5.97. The zero-order chi connectivity index (χ0) is 38.0. The molecule has 2 aliphatic heterocycles. The largest absolute Gasteiger partial charge is 0.480 e. The molecule has 21 heteroatoms. The van der Waals surface area contributed by atoms with E-state index >= 15 is 0 Å². The average Bonchev–Trinajstić information content (AvgIpc) is 3.89. The van der Waals surface area contributed by atoms with Crippen LogP contribution in [0.5, 0.6) is 0 Å². The highest BCUT2D eigenvalue weighted by atomic mass is 16.4. The standard InChI is InChI=1S/C30H47N9O12/c1-14(42)22(36-24(44)17(31)11-40)28(48)38-7-3-5-20(38)27(47)34-18(9-16-10-32-13-33-16)25(45)35-19(12-41)26(46)37-23(15(2)43)29(49)39-8-4-6-21(39)30(50)51/h10,13-15,17-23,40-43H,3-9,11-12,31H2,1-2H3,(H,32,33)(H,34,47)(H,35,45)(H,36,44)(H,37,46)(H,50,51)/t14-,15-,17+,18+,19+,20+,21+,22+,23+/m1/s1. The Morgan fingerprint density at radius 2 is 1.35 bits per heavy atom. The topological polar surface area (TPSA) is 330 Å². The summed E-state index contributed by atoms with van der Waals surface area (Å²) in [7, 11) is 0. The molecule has 0 aliphatic carbocycles. The molecule has 6 amide bonds. The van der Waals surface area contributed by atoms with E-state index in [0.29, 0.717) is 18.5 Å². The summed E-state index contributed by atoms with van der Waals surface area (Å²) in [4.78, 5) is 99.7. The van der Waals surface area contributed by atoms with Gasteiger partial charge in [0, 0.05) is 31.4 Å². The summed E-state index contributed by atoms with van der Waals surface area (Å²) in [5, 5.41) is 58.6. The zero-order valence-electron chi connectivity index (χ0n) is 28.2. The number of rotatable bonds is 17. The van der Waals surface area contributed by atoms with Gasteiger partial charge in [-0.3, -0.25) is 28.8 Å². The highest BCUT2D eigenvalue weighted by Gasteiger charge is 2.42. The highest BCUT2D eigenvalue weighted by Crippen LogP contribution is 2.21. The van der Waals surface area contributed by atoms with Crippen LogP contribution in [0.2, 0.25) is 0 Å². The van der Waals surface area contributed by atoms with Crippen molar-refractivity contribution in [3.05, 3.63) is 18.2 Å². The fourth-order valence-electron chi connectivity index (χ4n) is 5.88. The first-order chi connectivity index (χ1) is 24.1. The van der Waals surface area contributed by atoms with E-state index in [0.717, 1.165) is 9.80 Å². The lowest BCUT2D eigenvalue weighted by Gasteiger charge is -2.31. The summed E-state index contributed by atoms with van der Waals surface area (Å²) in [6.45, 7) is 0.915. The van der Waals surface area contributed by atoms with Gasteiger partial charge < -0.3 is 67.3 Å². The Hall–Kier alpha value is -4.70. The fraction of sp³-hybridized carbons (Fsp3) is 0.667. The molecule has 2 fully saturated rings. The number of aromatic amines is 1. The van der Waals surface area contributed by atoms with Crippen molar-refractivity contribution in [2.75, 3.05) is 26.3 Å². The van der Waals surface area contributed by atoms with Crippen LogP contribution in [0.3, 0.4) is 0 Å². The summed E-state index contributed by atoms with van der Waals surface area (Å²) in [5.41, 5.74) is 5.91. The van der Waals surface area contributed by atoms with Crippen molar-refractivity contribution in [1.29, 1.82) is 0 Å². The molecular weight excluding hydrogens is 678 g/mol. The molecule has 2 saturated heterocycles. The Morgan fingerprint density at radius 3 is 1.84 bits per heavy atom. The quantitative estimate of drug-likeness (QED) is 0.0713. The molecule has 51 heavy (non-hydrogen) atoms. The molecule has 3 rings (SSSR count). The number of imidazole rings is 1. The van der Waals surface area contributed by atoms with Crippen molar-refractivity contribution in [2.45, 2.75) is 100 Å². The number of aliphatic hydroxyl groups excluding tert-OH is 4. The van der Waals surface area contributed by atoms with Gasteiger partial charge in [0.15, 0.2) is 0 Å². The van der Waals surface area contributed by atoms with E-state index in [2.05, 4.69) is 31.2 Å². The van der Waals surface area contributed by atoms with Crippen molar-refractivity contribution in [2.24, 2.45) is 5.73 Å². The second kappa shape index (κ2) is 18.5. The van der Waals surface area contributed by atoms with Crippen LogP contribution in [-0.2, 0) is 40.0 Å². The number of carbonyl (C=O) groups is 7. The van der Waals surface area contributed by atoms with Gasteiger partial charge in [-0.05, 0) is 39.5 Å². The van der Waals surface area contributed by atoms with Gasteiger partial charge in [-0.1, -0.05) is 0 Å². The van der Waals surface area contributed by atoms with Crippen LogP contribution in [0.15, 0.2) is 12.5 Å². The van der Waals surface area contributed by atoms with E-state index in [9.17, 15) is 59.1 Å². The maximum Gasteiger partial charge on any atom is 0.326 e. The van der Waals surface area contributed by atoms with Crippen molar-refractivity contribution in [3.63, 3.8) is 0 Å². The van der Waals surface area contributed by atoms with Crippen molar-refractivity contribution in [3.8, 4) is 0 Å². The van der Waals surface area contributed by atoms with Gasteiger partial charge in [0.25, 0.3) is 0 Å². The third-order valence-electron chi connectivity index (χ3n) is 8.71. The van der Waals surface area contributed by atoms with E-state index in [1.165, 1.54) is 26.4 Å². The van der Waals surface area contributed by atoms with Gasteiger partial charge in [-0.15, -0.1) is 0 Å². The molecule has 3 heterocycles. The molecule has 21 nitrogen and oxygen atoms in total. The zero-order valence-corrected chi connectivity index (χ0v) is 28.2. The molecule has 1 aromatic heterocycles. The van der Waals surface area contributed by atoms with Gasteiger partial charge in [0.2, 0.25) is 35.4 Å². The molecule has 1 aromatic rings. The molecular formula is C30H47N9O12. The van der Waals surface area contributed by atoms with Gasteiger partial charge in [-0.2, -0.15) is 0 Å². The monoisotopic (exact) mass is 725 g/mol. The Labute approximate surface area is 292 Å². The highest BCUT2D eigenvalue weighted by molar-refractivity contribution is 5.97. The number of H-pyrrole nitrogens is 1. The smallest absolute Gasteiger partial charge is 0.326 e. The molecule has 9 atom stereocenters. The molecule has 0 spiro atoms. The second-order valence-electron chi connectivity index (χ2n) is 12.5. The molecule has 0 unspecified atom stereocenters. The normalized spacial score (nSPS) is 21.4. The van der Waals surface area contributed by atoms with Crippen LogP contribution < -0.4 is 27.0 Å². The number of carbonyl (C=O) groups excluding carboxylic acids is 6. The first-order valence-electron chi connectivity index (χ1n) is 16.5. The number of nitrogens with zero attached hydrogens (tertiary/aromatic N) is 3. The average molecular weight is 726 g/mol. The molecule has 0 bridgehead atoms. The molecule has 0 saturated carbocycles. The third-order valence-corrected chi connectivity index (χ3v) is 8.71.